The SMILES string of the molecule is CC(C)C(=O)O.CC(C)C(=O)O.CCC.CNc1ncnn2c(C3(C#N)CCC(COC(=O)C(N)C(C)C)O3)ccc12.N#CC1(c2ccc3c(N)ncnn23)CCC(COC(=O)CN)O1. The summed E-state index contributed by atoms with van der Waals surface area (Å²) >= 11 is 0. The van der Waals surface area contributed by atoms with Crippen LogP contribution in [0.1, 0.15) is 98.9 Å². The molecule has 22 heteroatoms. The van der Waals surface area contributed by atoms with Crippen LogP contribution in [0.5, 0.6) is 0 Å². The number of carbonyl (C=O) groups is 4. The number of carboxylic acids is 2. The summed E-state index contributed by atoms with van der Waals surface area (Å²) in [4.78, 5) is 50.6. The number of hydrogen-bond acceptors (Lipinski definition) is 18. The lowest BCUT2D eigenvalue weighted by Gasteiger charge is -2.22. The van der Waals surface area contributed by atoms with Gasteiger partial charge in [0, 0.05) is 7.05 Å². The van der Waals surface area contributed by atoms with E-state index in [4.69, 9.17) is 46.4 Å². The smallest absolute Gasteiger partial charge is 0.323 e. The molecule has 65 heavy (non-hydrogen) atoms. The van der Waals surface area contributed by atoms with E-state index >= 15 is 0 Å². The highest BCUT2D eigenvalue weighted by molar-refractivity contribution is 5.75. The monoisotopic (exact) mass is 908 g/mol. The van der Waals surface area contributed by atoms with Crippen molar-refractivity contribution >= 4 is 46.5 Å². The predicted octanol–water partition coefficient (Wildman–Crippen LogP) is 3.78. The maximum Gasteiger partial charge on any atom is 0.323 e. The third kappa shape index (κ3) is 14.8. The summed E-state index contributed by atoms with van der Waals surface area (Å²) in [7, 11) is 1.77. The highest BCUT2D eigenvalue weighted by Gasteiger charge is 2.46. The topological polar surface area (TPSA) is 344 Å². The van der Waals surface area contributed by atoms with Crippen LogP contribution in [-0.2, 0) is 49.3 Å². The number of ether oxygens (including phenoxy) is 4. The fourth-order valence-corrected chi connectivity index (χ4v) is 5.90. The molecule has 4 aromatic rings. The van der Waals surface area contributed by atoms with Crippen LogP contribution in [0.4, 0.5) is 11.6 Å². The van der Waals surface area contributed by atoms with Gasteiger partial charge in [0.1, 0.15) is 55.1 Å². The van der Waals surface area contributed by atoms with Crippen molar-refractivity contribution in [1.82, 2.24) is 29.2 Å². The van der Waals surface area contributed by atoms with Crippen LogP contribution >= 0.6 is 0 Å². The van der Waals surface area contributed by atoms with Crippen LogP contribution in [-0.4, -0.2) is 108 Å². The zero-order valence-corrected chi connectivity index (χ0v) is 38.6. The number of anilines is 2. The van der Waals surface area contributed by atoms with Gasteiger partial charge in [-0.05, 0) is 55.9 Å². The predicted molar refractivity (Wildman–Crippen MR) is 237 cm³/mol. The summed E-state index contributed by atoms with van der Waals surface area (Å²) in [6.07, 6.45) is 5.38. The first-order valence-electron chi connectivity index (χ1n) is 21.2. The molecule has 4 aromatic heterocycles. The Hall–Kier alpha value is -6.46. The average molecular weight is 909 g/mol. The largest absolute Gasteiger partial charge is 0.481 e. The Morgan fingerprint density at radius 2 is 1.26 bits per heavy atom. The minimum Gasteiger partial charge on any atom is -0.481 e. The Labute approximate surface area is 378 Å². The molecule has 356 valence electrons. The van der Waals surface area contributed by atoms with Gasteiger partial charge in [0.25, 0.3) is 0 Å². The Kier molecular flexibility index (Phi) is 21.6. The number of hydrogen-bond donors (Lipinski definition) is 6. The number of nitrogen functional groups attached to an aromatic ring is 1. The third-order valence-corrected chi connectivity index (χ3v) is 9.72. The number of fused-ring (bicyclic) bond motifs is 2. The molecule has 5 unspecified atom stereocenters. The van der Waals surface area contributed by atoms with Gasteiger partial charge in [-0.3, -0.25) is 19.2 Å². The summed E-state index contributed by atoms with van der Waals surface area (Å²) in [5.41, 5.74) is 17.1. The molecule has 2 saturated heterocycles. The van der Waals surface area contributed by atoms with E-state index in [2.05, 4.69) is 51.5 Å². The average Bonchev–Trinajstić information content (AvgIpc) is 4.11. The maximum atomic E-state index is 12.0. The first kappa shape index (κ1) is 54.7. The molecule has 9 N–H and O–H groups in total. The fourth-order valence-electron chi connectivity index (χ4n) is 5.90. The lowest BCUT2D eigenvalue weighted by atomic mass is 9.98. The first-order valence-corrected chi connectivity index (χ1v) is 21.2. The van der Waals surface area contributed by atoms with Gasteiger partial charge in [-0.2, -0.15) is 20.7 Å². The number of aromatic nitrogens is 6. The van der Waals surface area contributed by atoms with E-state index in [1.54, 1.807) is 55.9 Å². The van der Waals surface area contributed by atoms with Crippen molar-refractivity contribution in [1.29, 1.82) is 10.5 Å². The molecular weight excluding hydrogens is 845 g/mol. The second-order valence-electron chi connectivity index (χ2n) is 15.9. The van der Waals surface area contributed by atoms with Crippen LogP contribution in [0.3, 0.4) is 0 Å². The van der Waals surface area contributed by atoms with E-state index in [9.17, 15) is 29.7 Å². The molecule has 0 saturated carbocycles. The lowest BCUT2D eigenvalue weighted by Crippen LogP contribution is -2.38. The zero-order chi connectivity index (χ0) is 49.1. The lowest BCUT2D eigenvalue weighted by molar-refractivity contribution is -0.151. The Morgan fingerprint density at radius 1 is 0.831 bits per heavy atom. The number of esters is 2. The van der Waals surface area contributed by atoms with E-state index < -0.39 is 41.1 Å². The molecule has 6 heterocycles. The molecule has 0 bridgehead atoms. The van der Waals surface area contributed by atoms with Crippen LogP contribution in [0.2, 0.25) is 0 Å². The van der Waals surface area contributed by atoms with E-state index in [0.717, 1.165) is 5.52 Å². The second-order valence-corrected chi connectivity index (χ2v) is 15.9. The van der Waals surface area contributed by atoms with E-state index in [1.807, 2.05) is 26.0 Å². The van der Waals surface area contributed by atoms with E-state index in [-0.39, 0.29) is 49.7 Å². The van der Waals surface area contributed by atoms with Crippen molar-refractivity contribution in [2.75, 3.05) is 37.9 Å². The summed E-state index contributed by atoms with van der Waals surface area (Å²) in [6, 6.07) is 11.0. The first-order chi connectivity index (χ1) is 30.7. The molecule has 5 atom stereocenters. The van der Waals surface area contributed by atoms with Gasteiger partial charge >= 0.3 is 23.9 Å². The molecule has 0 aromatic carbocycles. The summed E-state index contributed by atoms with van der Waals surface area (Å²) in [6.45, 7) is 14.5. The Morgan fingerprint density at radius 3 is 1.68 bits per heavy atom. The van der Waals surface area contributed by atoms with Gasteiger partial charge in [-0.15, -0.1) is 0 Å². The standard InChI is InChI=1S/C18H24N6O3.C14H16N6O3.2C4H8O2.C3H8/c1-11(2)15(20)17(25)26-8-12-6-7-18(9-19,27-12)14-5-4-13-16(21-3)22-10-23-24(13)14;15-5-12(21)22-6-9-3-4-14(7-16,23-9)11-2-1-10-13(17)18-8-19-20(10)11;2*1-3(2)4(5)6;1-3-2/h4-5,10-12,15H,6-8,20H2,1-3H3,(H,21,22,23);1-2,8-9H,3-6,15H2,(H2,17,18,19);2*3H,1-2H3,(H,5,6);3H2,1-2H3. The fraction of sp³-hybridized carbons (Fsp3) is 0.581. The van der Waals surface area contributed by atoms with Crippen molar-refractivity contribution in [2.45, 2.75) is 117 Å². The Balaban J connectivity index is 0.000000343. The Bertz CT molecular complexity index is 2250. The van der Waals surface area contributed by atoms with Crippen molar-refractivity contribution < 1.29 is 48.3 Å². The molecular formula is C43H64N12O10. The second kappa shape index (κ2) is 25.7. The van der Waals surface area contributed by atoms with E-state index in [0.29, 0.717) is 54.2 Å². The molecule has 0 aliphatic carbocycles. The molecule has 2 fully saturated rings. The van der Waals surface area contributed by atoms with Gasteiger partial charge < -0.3 is 51.7 Å². The number of carboxylic acid groups (broad SMARTS) is 2. The molecule has 6 rings (SSSR count). The minimum absolute atomic E-state index is 0.00617. The summed E-state index contributed by atoms with van der Waals surface area (Å²) in [5.74, 6) is -1.92. The molecule has 0 amide bonds. The molecule has 0 spiro atoms. The van der Waals surface area contributed by atoms with Crippen molar-refractivity contribution in [3.8, 4) is 12.1 Å². The summed E-state index contributed by atoms with van der Waals surface area (Å²) in [5, 5.41) is 46.9. The van der Waals surface area contributed by atoms with Crippen molar-refractivity contribution in [3.05, 3.63) is 48.3 Å². The van der Waals surface area contributed by atoms with Crippen molar-refractivity contribution in [2.24, 2.45) is 29.2 Å². The maximum absolute atomic E-state index is 12.0. The van der Waals surface area contributed by atoms with Crippen LogP contribution in [0.25, 0.3) is 11.0 Å². The number of nitrogens with one attached hydrogen (secondary N) is 1. The number of nitrogens with two attached hydrogens (primary N) is 3. The van der Waals surface area contributed by atoms with Crippen LogP contribution in [0.15, 0.2) is 36.9 Å². The van der Waals surface area contributed by atoms with Crippen LogP contribution in [0, 0.1) is 40.4 Å². The van der Waals surface area contributed by atoms with Crippen LogP contribution < -0.4 is 22.5 Å². The molecule has 2 aliphatic heterocycles. The highest BCUT2D eigenvalue weighted by Crippen LogP contribution is 2.41. The zero-order valence-electron chi connectivity index (χ0n) is 38.6. The number of aliphatic carboxylic acids is 2. The third-order valence-electron chi connectivity index (χ3n) is 9.72. The van der Waals surface area contributed by atoms with Gasteiger partial charge in [0.15, 0.2) is 22.8 Å². The number of nitriles is 2. The summed E-state index contributed by atoms with van der Waals surface area (Å²) < 4.78 is 25.4. The number of nitrogens with zero attached hydrogens (tertiary/aromatic N) is 8. The normalized spacial score (nSPS) is 20.1. The van der Waals surface area contributed by atoms with Gasteiger partial charge in [0.2, 0.25) is 0 Å². The van der Waals surface area contributed by atoms with E-state index in [1.165, 1.54) is 19.1 Å². The van der Waals surface area contributed by atoms with Gasteiger partial charge in [-0.25, -0.2) is 19.0 Å². The minimum atomic E-state index is -1.16. The molecule has 0 radical (unpaired) electrons. The quantitative estimate of drug-likeness (QED) is 0.110. The molecule has 2 aliphatic rings. The number of carbonyl (C=O) groups excluding carboxylic acids is 2. The highest BCUT2D eigenvalue weighted by atomic mass is 16.6. The molecule has 22 nitrogen and oxygen atoms in total. The van der Waals surface area contributed by atoms with Crippen molar-refractivity contribution in [3.63, 3.8) is 0 Å². The van der Waals surface area contributed by atoms with Gasteiger partial charge in [0.05, 0.1) is 42.0 Å². The number of rotatable bonds is 12. The van der Waals surface area contributed by atoms with Gasteiger partial charge in [-0.1, -0.05) is 61.8 Å².